The van der Waals surface area contributed by atoms with E-state index in [9.17, 15) is 19.7 Å². The fraction of sp³-hybridized carbons (Fsp3) is 0. The number of rotatable bonds is 3. The van der Waals surface area contributed by atoms with Gasteiger partial charge in [0.2, 0.25) is 5.95 Å². The Labute approximate surface area is 149 Å². The molecule has 4 aromatic rings. The van der Waals surface area contributed by atoms with Crippen molar-refractivity contribution in [2.24, 2.45) is 0 Å². The summed E-state index contributed by atoms with van der Waals surface area (Å²) in [4.78, 5) is 45.2. The van der Waals surface area contributed by atoms with E-state index in [1.807, 2.05) is 0 Å². The second-order valence-electron chi connectivity index (χ2n) is 5.48. The lowest BCUT2D eigenvalue weighted by Crippen LogP contribution is -2.15. The molecule has 0 atom stereocenters. The molecule has 0 spiro atoms. The van der Waals surface area contributed by atoms with E-state index in [0.29, 0.717) is 0 Å². The number of aromatic nitrogens is 4. The second kappa shape index (κ2) is 5.91. The zero-order chi connectivity index (χ0) is 19.1. The minimum absolute atomic E-state index is 0.0232. The molecule has 3 aromatic heterocycles. The molecule has 134 valence electrons. The molecule has 0 saturated carbocycles. The largest absolute Gasteiger partial charge is 0.451 e. The fourth-order valence-corrected chi connectivity index (χ4v) is 2.63. The van der Waals surface area contributed by atoms with Crippen molar-refractivity contribution in [2.45, 2.75) is 0 Å². The van der Waals surface area contributed by atoms with Gasteiger partial charge in [0.05, 0.1) is 10.5 Å². The number of nitrogens with zero attached hydrogens (tertiary/aromatic N) is 4. The lowest BCUT2D eigenvalue weighted by atomic mass is 10.1. The van der Waals surface area contributed by atoms with Gasteiger partial charge in [0.15, 0.2) is 16.9 Å². The van der Waals surface area contributed by atoms with Crippen LogP contribution in [0.5, 0.6) is 0 Å². The number of benzene rings is 1. The average molecular weight is 366 g/mol. The Kier molecular flexibility index (Phi) is 3.55. The maximum Gasteiger partial charge on any atom is 0.300 e. The molecule has 0 aliphatic rings. The Morgan fingerprint density at radius 3 is 2.81 bits per heavy atom. The van der Waals surface area contributed by atoms with Crippen LogP contribution in [0.15, 0.2) is 51.9 Å². The first kappa shape index (κ1) is 16.2. The standard InChI is InChI=1S/C16H10N6O5/c17-16-19-13-12(14(23)20-16)18-7-21(13)15(24)11-6-5-10(27-11)8-3-1-2-4-9(8)22(25)26/h1-7H,(H3,17,19,20,23). The summed E-state index contributed by atoms with van der Waals surface area (Å²) in [6.07, 6.45) is 1.13. The SMILES string of the molecule is Nc1nc2c(ncn2C(=O)c2ccc(-c3ccccc3[N+](=O)[O-])o2)c(=O)[nH]1. The van der Waals surface area contributed by atoms with E-state index in [4.69, 9.17) is 10.2 Å². The van der Waals surface area contributed by atoms with Gasteiger partial charge in [-0.3, -0.25) is 24.7 Å². The molecule has 0 saturated heterocycles. The summed E-state index contributed by atoms with van der Waals surface area (Å²) < 4.78 is 6.52. The number of nitro groups is 1. The molecule has 0 unspecified atom stereocenters. The molecule has 0 aliphatic carbocycles. The molecule has 11 nitrogen and oxygen atoms in total. The van der Waals surface area contributed by atoms with Gasteiger partial charge in [-0.1, -0.05) is 12.1 Å². The number of H-pyrrole nitrogens is 1. The third-order valence-corrected chi connectivity index (χ3v) is 3.83. The van der Waals surface area contributed by atoms with Crippen LogP contribution in [0.2, 0.25) is 0 Å². The first-order valence-corrected chi connectivity index (χ1v) is 7.57. The van der Waals surface area contributed by atoms with E-state index in [2.05, 4.69) is 15.0 Å². The Morgan fingerprint density at radius 1 is 1.26 bits per heavy atom. The number of nitrogens with two attached hydrogens (primary N) is 1. The van der Waals surface area contributed by atoms with Gasteiger partial charge in [-0.05, 0) is 18.2 Å². The molecule has 11 heteroatoms. The zero-order valence-corrected chi connectivity index (χ0v) is 13.4. The van der Waals surface area contributed by atoms with Gasteiger partial charge < -0.3 is 10.2 Å². The highest BCUT2D eigenvalue weighted by atomic mass is 16.6. The number of carbonyl (C=O) groups excluding carboxylic acids is 1. The van der Waals surface area contributed by atoms with Crippen LogP contribution in [0.4, 0.5) is 11.6 Å². The first-order valence-electron chi connectivity index (χ1n) is 7.57. The molecular weight excluding hydrogens is 356 g/mol. The summed E-state index contributed by atoms with van der Waals surface area (Å²) in [6.45, 7) is 0. The van der Waals surface area contributed by atoms with Crippen LogP contribution in [0.1, 0.15) is 10.6 Å². The summed E-state index contributed by atoms with van der Waals surface area (Å²) in [6, 6.07) is 8.82. The van der Waals surface area contributed by atoms with Crippen molar-refractivity contribution in [2.75, 3.05) is 5.73 Å². The monoisotopic (exact) mass is 366 g/mol. The van der Waals surface area contributed by atoms with Gasteiger partial charge in [-0.25, -0.2) is 9.55 Å². The van der Waals surface area contributed by atoms with Gasteiger partial charge in [-0.15, -0.1) is 0 Å². The van der Waals surface area contributed by atoms with Crippen molar-refractivity contribution >= 4 is 28.7 Å². The third-order valence-electron chi connectivity index (χ3n) is 3.83. The average Bonchev–Trinajstić information content (AvgIpc) is 3.28. The predicted molar refractivity (Wildman–Crippen MR) is 93.1 cm³/mol. The van der Waals surface area contributed by atoms with E-state index < -0.39 is 16.4 Å². The third kappa shape index (κ3) is 2.63. The van der Waals surface area contributed by atoms with Crippen molar-refractivity contribution in [3.8, 4) is 11.3 Å². The topological polar surface area (TPSA) is 163 Å². The molecule has 0 fully saturated rings. The van der Waals surface area contributed by atoms with E-state index >= 15 is 0 Å². The number of hydrogen-bond donors (Lipinski definition) is 2. The van der Waals surface area contributed by atoms with Crippen LogP contribution in [0.25, 0.3) is 22.5 Å². The number of carbonyl (C=O) groups is 1. The number of hydrogen-bond acceptors (Lipinski definition) is 8. The van der Waals surface area contributed by atoms with Crippen LogP contribution in [-0.2, 0) is 0 Å². The van der Waals surface area contributed by atoms with Crippen molar-refractivity contribution in [3.63, 3.8) is 0 Å². The highest BCUT2D eigenvalue weighted by Crippen LogP contribution is 2.31. The smallest absolute Gasteiger partial charge is 0.300 e. The fourth-order valence-electron chi connectivity index (χ4n) is 2.63. The maximum atomic E-state index is 12.7. The Balaban J connectivity index is 1.78. The highest BCUT2D eigenvalue weighted by molar-refractivity contribution is 5.98. The molecule has 27 heavy (non-hydrogen) atoms. The van der Waals surface area contributed by atoms with Crippen molar-refractivity contribution in [1.29, 1.82) is 0 Å². The van der Waals surface area contributed by atoms with E-state index in [1.54, 1.807) is 6.07 Å². The lowest BCUT2D eigenvalue weighted by molar-refractivity contribution is -0.384. The number of anilines is 1. The molecule has 0 amide bonds. The summed E-state index contributed by atoms with van der Waals surface area (Å²) in [5, 5.41) is 11.2. The molecule has 4 rings (SSSR count). The molecule has 3 N–H and O–H groups in total. The Hall–Kier alpha value is -4.28. The van der Waals surface area contributed by atoms with Gasteiger partial charge in [-0.2, -0.15) is 4.98 Å². The molecule has 0 aliphatic heterocycles. The number of imidazole rings is 1. The van der Waals surface area contributed by atoms with Crippen LogP contribution >= 0.6 is 0 Å². The van der Waals surface area contributed by atoms with Gasteiger partial charge >= 0.3 is 5.91 Å². The Bertz CT molecular complexity index is 1270. The number of aromatic amines is 1. The van der Waals surface area contributed by atoms with E-state index in [-0.39, 0.29) is 39.9 Å². The molecule has 1 aromatic carbocycles. The number of nitrogens with one attached hydrogen (secondary N) is 1. The number of para-hydroxylation sites is 1. The predicted octanol–water partition coefficient (Wildman–Crippen LogP) is 1.56. The number of furan rings is 1. The molecule has 0 bridgehead atoms. The first-order chi connectivity index (χ1) is 13.0. The summed E-state index contributed by atoms with van der Waals surface area (Å²) >= 11 is 0. The van der Waals surface area contributed by atoms with Gasteiger partial charge in [0.1, 0.15) is 12.1 Å². The van der Waals surface area contributed by atoms with Crippen molar-refractivity contribution in [1.82, 2.24) is 19.5 Å². The van der Waals surface area contributed by atoms with Crippen LogP contribution in [-0.4, -0.2) is 30.3 Å². The van der Waals surface area contributed by atoms with Gasteiger partial charge in [0.25, 0.3) is 11.2 Å². The lowest BCUT2D eigenvalue weighted by Gasteiger charge is -2.01. The second-order valence-corrected chi connectivity index (χ2v) is 5.48. The summed E-state index contributed by atoms with van der Waals surface area (Å²) in [7, 11) is 0. The van der Waals surface area contributed by atoms with E-state index in [1.165, 1.54) is 30.3 Å². The normalized spacial score (nSPS) is 11.0. The van der Waals surface area contributed by atoms with Crippen molar-refractivity contribution < 1.29 is 14.1 Å². The molecule has 0 radical (unpaired) electrons. The van der Waals surface area contributed by atoms with E-state index in [0.717, 1.165) is 10.9 Å². The molecular formula is C16H10N6O5. The van der Waals surface area contributed by atoms with Gasteiger partial charge in [0, 0.05) is 6.07 Å². The Morgan fingerprint density at radius 2 is 2.04 bits per heavy atom. The van der Waals surface area contributed by atoms with Crippen LogP contribution < -0.4 is 11.3 Å². The highest BCUT2D eigenvalue weighted by Gasteiger charge is 2.22. The summed E-state index contributed by atoms with van der Waals surface area (Å²) in [5.74, 6) is -0.773. The summed E-state index contributed by atoms with van der Waals surface area (Å²) in [5.41, 5.74) is 4.93. The van der Waals surface area contributed by atoms with Crippen molar-refractivity contribution in [3.05, 3.63) is 69.0 Å². The molecule has 3 heterocycles. The number of fused-ring (bicyclic) bond motifs is 1. The van der Waals surface area contributed by atoms with Crippen LogP contribution in [0.3, 0.4) is 0 Å². The number of nitrogen functional groups attached to an aromatic ring is 1. The van der Waals surface area contributed by atoms with Crippen LogP contribution in [0, 0.1) is 10.1 Å². The minimum Gasteiger partial charge on any atom is -0.451 e. The zero-order valence-electron chi connectivity index (χ0n) is 13.4. The maximum absolute atomic E-state index is 12.7. The number of nitro benzene ring substituents is 1. The quantitative estimate of drug-likeness (QED) is 0.407. The minimum atomic E-state index is -0.653.